The fourth-order valence-corrected chi connectivity index (χ4v) is 6.61. The maximum Gasteiger partial charge on any atom is 0.278 e. The molecular formula is C25H20Cl3N5O6S. The van der Waals surface area contributed by atoms with Crippen molar-refractivity contribution in [3.05, 3.63) is 103 Å². The molecule has 5 rings (SSSR count). The van der Waals surface area contributed by atoms with Crippen molar-refractivity contribution in [3.8, 4) is 11.6 Å². The van der Waals surface area contributed by atoms with Gasteiger partial charge < -0.3 is 4.74 Å². The summed E-state index contributed by atoms with van der Waals surface area (Å²) in [5.41, 5.74) is 1.61. The van der Waals surface area contributed by atoms with Gasteiger partial charge in [0.05, 0.1) is 15.5 Å². The summed E-state index contributed by atoms with van der Waals surface area (Å²) in [5.74, 6) is -0.646. The molecule has 0 aliphatic carbocycles. The molecule has 40 heavy (non-hydrogen) atoms. The van der Waals surface area contributed by atoms with Crippen LogP contribution in [0.5, 0.6) is 5.75 Å². The number of carbonyl (C=O) groups is 1. The van der Waals surface area contributed by atoms with Crippen LogP contribution >= 0.6 is 34.8 Å². The summed E-state index contributed by atoms with van der Waals surface area (Å²) < 4.78 is 35.0. The van der Waals surface area contributed by atoms with E-state index >= 15 is 0 Å². The van der Waals surface area contributed by atoms with Crippen LogP contribution in [-0.4, -0.2) is 45.1 Å². The summed E-state index contributed by atoms with van der Waals surface area (Å²) in [6.45, 7) is -0.0353. The number of pyridine rings is 1. The number of hydrogen-bond acceptors (Lipinski definition) is 7. The van der Waals surface area contributed by atoms with Crippen LogP contribution < -0.4 is 15.8 Å². The molecule has 0 radical (unpaired) electrons. The molecule has 2 aromatic carbocycles. The number of carbonyl (C=O) groups excluding carboxylic acids is 1. The number of amides is 1. The molecule has 0 fully saturated rings. The number of aromatic amines is 1. The Morgan fingerprint density at radius 2 is 1.88 bits per heavy atom. The Hall–Kier alpha value is -3.39. The minimum Gasteiger partial charge on any atom is -0.489 e. The molecule has 1 amide bonds. The normalized spacial score (nSPS) is 15.4. The second-order valence-corrected chi connectivity index (χ2v) is 11.8. The van der Waals surface area contributed by atoms with E-state index in [2.05, 4.69) is 10.1 Å². The molecule has 208 valence electrons. The van der Waals surface area contributed by atoms with Crippen molar-refractivity contribution >= 4 is 50.7 Å². The molecule has 1 aliphatic rings. The second kappa shape index (κ2) is 11.2. The van der Waals surface area contributed by atoms with Crippen molar-refractivity contribution < 1.29 is 23.2 Å². The average molecular weight is 625 g/mol. The smallest absolute Gasteiger partial charge is 0.278 e. The summed E-state index contributed by atoms with van der Waals surface area (Å²) in [6.07, 6.45) is 1.51. The maximum atomic E-state index is 13.7. The second-order valence-electron chi connectivity index (χ2n) is 8.69. The number of benzene rings is 2. The Morgan fingerprint density at radius 3 is 2.55 bits per heavy atom. The van der Waals surface area contributed by atoms with Gasteiger partial charge in [-0.25, -0.2) is 18.9 Å². The van der Waals surface area contributed by atoms with Crippen LogP contribution in [0.25, 0.3) is 5.82 Å². The molecule has 3 N–H and O–H groups in total. The summed E-state index contributed by atoms with van der Waals surface area (Å²) in [4.78, 5) is 30.2. The molecule has 1 aliphatic heterocycles. The van der Waals surface area contributed by atoms with Crippen LogP contribution in [0.4, 0.5) is 0 Å². The number of ether oxygens (including phenoxy) is 1. The first-order valence-electron chi connectivity index (χ1n) is 11.7. The van der Waals surface area contributed by atoms with Gasteiger partial charge in [-0.1, -0.05) is 40.9 Å². The average Bonchev–Trinajstić information content (AvgIpc) is 3.28. The molecule has 0 saturated carbocycles. The monoisotopic (exact) mass is 623 g/mol. The number of nitrogens with zero attached hydrogens (tertiary/aromatic N) is 3. The highest BCUT2D eigenvalue weighted by Crippen LogP contribution is 2.33. The Labute approximate surface area is 242 Å². The third-order valence-corrected chi connectivity index (χ3v) is 9.06. The van der Waals surface area contributed by atoms with Gasteiger partial charge in [-0.05, 0) is 48.5 Å². The maximum absolute atomic E-state index is 13.7. The van der Waals surface area contributed by atoms with E-state index in [9.17, 15) is 23.2 Å². The lowest BCUT2D eigenvalue weighted by Gasteiger charge is -2.32. The highest BCUT2D eigenvalue weighted by Gasteiger charge is 2.44. The third kappa shape index (κ3) is 5.21. The number of hydroxylamine groups is 1. The zero-order valence-electron chi connectivity index (χ0n) is 20.3. The standard InChI is InChI=1S/C25H20Cl3N5O6S/c26-15-4-3-14(19(28)12-15)13-39-16-5-7-17(8-6-16)40(37,38)32-11-9-20-21(22(32)24(34)31-36)25(35)33(30-20)23-18(27)2-1-10-29-23/h1-8,10,12,22,30,36H,9,11,13H2,(H,31,34)/t22-/m1/s1. The SMILES string of the molecule is O=C(NO)[C@H]1c2c([nH]n(-c3ncccc3Cl)c2=O)CCN1S(=O)(=O)c1ccc(OCc2ccc(Cl)cc2Cl)cc1. The molecule has 4 aromatic rings. The minimum absolute atomic E-state index is 0.0802. The van der Waals surface area contributed by atoms with Crippen molar-refractivity contribution in [1.29, 1.82) is 0 Å². The van der Waals surface area contributed by atoms with Crippen LogP contribution in [0.1, 0.15) is 22.9 Å². The third-order valence-electron chi connectivity index (χ3n) is 6.30. The molecule has 11 nitrogen and oxygen atoms in total. The van der Waals surface area contributed by atoms with Crippen molar-refractivity contribution in [2.24, 2.45) is 0 Å². The zero-order chi connectivity index (χ0) is 28.6. The predicted octanol–water partition coefficient (Wildman–Crippen LogP) is 3.89. The molecule has 0 saturated heterocycles. The Kier molecular flexibility index (Phi) is 7.91. The van der Waals surface area contributed by atoms with E-state index in [1.807, 2.05) is 0 Å². The number of rotatable bonds is 7. The number of hydrogen-bond donors (Lipinski definition) is 3. The van der Waals surface area contributed by atoms with Crippen molar-refractivity contribution in [2.75, 3.05) is 6.54 Å². The van der Waals surface area contributed by atoms with Crippen LogP contribution in [0.3, 0.4) is 0 Å². The first-order valence-corrected chi connectivity index (χ1v) is 14.3. The molecule has 0 spiro atoms. The van der Waals surface area contributed by atoms with Gasteiger partial charge in [0.25, 0.3) is 11.5 Å². The van der Waals surface area contributed by atoms with E-state index in [1.165, 1.54) is 42.0 Å². The van der Waals surface area contributed by atoms with E-state index in [-0.39, 0.29) is 40.9 Å². The lowest BCUT2D eigenvalue weighted by Crippen LogP contribution is -2.48. The number of nitrogens with one attached hydrogen (secondary N) is 2. The van der Waals surface area contributed by atoms with Crippen LogP contribution in [0.2, 0.25) is 15.1 Å². The van der Waals surface area contributed by atoms with E-state index in [4.69, 9.17) is 39.5 Å². The molecule has 1 atom stereocenters. The van der Waals surface area contributed by atoms with E-state index in [0.29, 0.717) is 27.1 Å². The van der Waals surface area contributed by atoms with Crippen molar-refractivity contribution in [3.63, 3.8) is 0 Å². The first-order chi connectivity index (χ1) is 19.1. The summed E-state index contributed by atoms with van der Waals surface area (Å²) in [6, 6.07) is 12.0. The summed E-state index contributed by atoms with van der Waals surface area (Å²) in [7, 11) is -4.32. The van der Waals surface area contributed by atoms with E-state index in [1.54, 1.807) is 24.3 Å². The van der Waals surface area contributed by atoms with Gasteiger partial charge in [0.1, 0.15) is 18.4 Å². The molecular weight excluding hydrogens is 605 g/mol. The van der Waals surface area contributed by atoms with Gasteiger partial charge in [-0.3, -0.25) is 19.9 Å². The molecule has 2 aromatic heterocycles. The van der Waals surface area contributed by atoms with E-state index < -0.39 is 27.5 Å². The number of aromatic nitrogens is 3. The lowest BCUT2D eigenvalue weighted by atomic mass is 10.0. The van der Waals surface area contributed by atoms with Crippen molar-refractivity contribution in [1.82, 2.24) is 24.5 Å². The van der Waals surface area contributed by atoms with Gasteiger partial charge in [0.2, 0.25) is 10.0 Å². The fourth-order valence-electron chi connectivity index (χ4n) is 4.38. The predicted molar refractivity (Wildman–Crippen MR) is 147 cm³/mol. The summed E-state index contributed by atoms with van der Waals surface area (Å²) >= 11 is 18.3. The first kappa shape index (κ1) is 28.1. The topological polar surface area (TPSA) is 147 Å². The summed E-state index contributed by atoms with van der Waals surface area (Å²) in [5, 5.41) is 13.4. The number of fused-ring (bicyclic) bond motifs is 1. The largest absolute Gasteiger partial charge is 0.489 e. The fraction of sp³-hybridized carbons (Fsp3) is 0.160. The molecule has 15 heteroatoms. The Bertz CT molecular complexity index is 1760. The highest BCUT2D eigenvalue weighted by atomic mass is 35.5. The van der Waals surface area contributed by atoms with E-state index in [0.717, 1.165) is 8.99 Å². The van der Waals surface area contributed by atoms with Crippen LogP contribution in [0, 0.1) is 0 Å². The number of H-pyrrole nitrogens is 1. The molecule has 3 heterocycles. The number of sulfonamides is 1. The molecule has 0 bridgehead atoms. The lowest BCUT2D eigenvalue weighted by molar-refractivity contribution is -0.133. The van der Waals surface area contributed by atoms with Gasteiger partial charge in [-0.15, -0.1) is 0 Å². The van der Waals surface area contributed by atoms with Gasteiger partial charge in [0, 0.05) is 40.5 Å². The van der Waals surface area contributed by atoms with Gasteiger partial charge >= 0.3 is 0 Å². The highest BCUT2D eigenvalue weighted by molar-refractivity contribution is 7.89. The molecule has 0 unspecified atom stereocenters. The van der Waals surface area contributed by atoms with Crippen LogP contribution in [0.15, 0.2) is 70.5 Å². The number of halogens is 3. The quantitative estimate of drug-likeness (QED) is 0.209. The Balaban J connectivity index is 1.44. The van der Waals surface area contributed by atoms with Crippen molar-refractivity contribution in [2.45, 2.75) is 24.0 Å². The Morgan fingerprint density at radius 1 is 1.12 bits per heavy atom. The van der Waals surface area contributed by atoms with Crippen LogP contribution in [-0.2, 0) is 27.8 Å². The minimum atomic E-state index is -4.32. The van der Waals surface area contributed by atoms with Gasteiger partial charge in [0.15, 0.2) is 5.82 Å². The van der Waals surface area contributed by atoms with Gasteiger partial charge in [-0.2, -0.15) is 8.99 Å². The zero-order valence-corrected chi connectivity index (χ0v) is 23.4.